The third-order valence-electron chi connectivity index (χ3n) is 4.31. The van der Waals surface area contributed by atoms with E-state index in [4.69, 9.17) is 5.73 Å². The van der Waals surface area contributed by atoms with Crippen LogP contribution in [0.3, 0.4) is 0 Å². The summed E-state index contributed by atoms with van der Waals surface area (Å²) >= 11 is 0. The van der Waals surface area contributed by atoms with Gasteiger partial charge in [0.1, 0.15) is 0 Å². The predicted molar refractivity (Wildman–Crippen MR) is 57.9 cm³/mol. The van der Waals surface area contributed by atoms with Crippen molar-refractivity contribution < 1.29 is 5.11 Å². The highest BCUT2D eigenvalue weighted by Crippen LogP contribution is 2.49. The molecule has 0 aromatic carbocycles. The van der Waals surface area contributed by atoms with Gasteiger partial charge in [-0.05, 0) is 50.4 Å². The van der Waals surface area contributed by atoms with Gasteiger partial charge in [0.2, 0.25) is 0 Å². The Bertz CT molecular complexity index is 190. The Morgan fingerprint density at radius 1 is 1.29 bits per heavy atom. The van der Waals surface area contributed by atoms with Gasteiger partial charge in [0, 0.05) is 6.04 Å². The summed E-state index contributed by atoms with van der Waals surface area (Å²) in [6.45, 7) is 2.15. The van der Waals surface area contributed by atoms with Crippen LogP contribution < -0.4 is 5.73 Å². The van der Waals surface area contributed by atoms with Crippen LogP contribution in [0.25, 0.3) is 0 Å². The van der Waals surface area contributed by atoms with E-state index >= 15 is 0 Å². The number of nitrogens with two attached hydrogens (primary N) is 1. The lowest BCUT2D eigenvalue weighted by Crippen LogP contribution is -2.43. The van der Waals surface area contributed by atoms with Crippen LogP contribution in [0.1, 0.15) is 51.9 Å². The first-order valence-electron chi connectivity index (χ1n) is 6.06. The van der Waals surface area contributed by atoms with E-state index in [0.29, 0.717) is 11.5 Å². The van der Waals surface area contributed by atoms with Gasteiger partial charge in [-0.3, -0.25) is 0 Å². The van der Waals surface area contributed by atoms with Crippen LogP contribution in [0.15, 0.2) is 0 Å². The zero-order valence-electron chi connectivity index (χ0n) is 9.21. The third kappa shape index (κ3) is 2.12. The smallest absolute Gasteiger partial charge is 0.0540 e. The molecule has 0 heterocycles. The molecule has 0 aromatic rings. The van der Waals surface area contributed by atoms with Crippen LogP contribution >= 0.6 is 0 Å². The van der Waals surface area contributed by atoms with Crippen LogP contribution in [0.4, 0.5) is 0 Å². The lowest BCUT2D eigenvalue weighted by molar-refractivity contribution is 0.0413. The van der Waals surface area contributed by atoms with Crippen LogP contribution in [0, 0.1) is 11.3 Å². The molecule has 0 spiro atoms. The van der Waals surface area contributed by atoms with E-state index in [1.54, 1.807) is 0 Å². The Morgan fingerprint density at radius 2 is 1.86 bits per heavy atom. The summed E-state index contributed by atoms with van der Waals surface area (Å²) in [6.07, 6.45) is 8.31. The molecule has 0 radical (unpaired) electrons. The molecule has 0 aliphatic heterocycles. The quantitative estimate of drug-likeness (QED) is 0.727. The van der Waals surface area contributed by atoms with Gasteiger partial charge >= 0.3 is 0 Å². The molecular weight excluding hydrogens is 174 g/mol. The molecular formula is C12H23NO. The fourth-order valence-electron chi connectivity index (χ4n) is 2.92. The van der Waals surface area contributed by atoms with E-state index in [1.165, 1.54) is 19.3 Å². The van der Waals surface area contributed by atoms with Crippen LogP contribution in [-0.2, 0) is 0 Å². The van der Waals surface area contributed by atoms with Gasteiger partial charge in [0.25, 0.3) is 0 Å². The normalized spacial score (nSPS) is 40.9. The minimum absolute atomic E-state index is 0.0546. The molecule has 2 fully saturated rings. The predicted octanol–water partition coefficient (Wildman–Crippen LogP) is 2.06. The van der Waals surface area contributed by atoms with Gasteiger partial charge in [0.05, 0.1) is 6.10 Å². The van der Waals surface area contributed by atoms with Crippen molar-refractivity contribution in [3.05, 3.63) is 0 Å². The maximum atomic E-state index is 9.53. The highest BCUT2D eigenvalue weighted by atomic mass is 16.3. The first kappa shape index (κ1) is 10.4. The molecule has 0 aromatic heterocycles. The molecule has 2 saturated carbocycles. The fourth-order valence-corrected chi connectivity index (χ4v) is 2.92. The molecule has 2 heteroatoms. The molecule has 2 aliphatic rings. The van der Waals surface area contributed by atoms with Crippen molar-refractivity contribution in [3.8, 4) is 0 Å². The average molecular weight is 197 g/mol. The summed E-state index contributed by atoms with van der Waals surface area (Å²) in [5.41, 5.74) is 6.50. The minimum atomic E-state index is -0.0546. The van der Waals surface area contributed by atoms with Crippen molar-refractivity contribution in [2.24, 2.45) is 17.1 Å². The first-order valence-corrected chi connectivity index (χ1v) is 6.06. The lowest BCUT2D eigenvalue weighted by atomic mass is 9.66. The van der Waals surface area contributed by atoms with Gasteiger partial charge < -0.3 is 10.8 Å². The monoisotopic (exact) mass is 197 g/mol. The summed E-state index contributed by atoms with van der Waals surface area (Å²) in [5.74, 6) is 0.955. The van der Waals surface area contributed by atoms with Crippen LogP contribution in [-0.4, -0.2) is 17.3 Å². The summed E-state index contributed by atoms with van der Waals surface area (Å²) in [4.78, 5) is 0. The molecule has 1 atom stereocenters. The van der Waals surface area contributed by atoms with Crippen molar-refractivity contribution in [2.75, 3.05) is 0 Å². The Hall–Kier alpha value is -0.0800. The number of hydrogen-bond acceptors (Lipinski definition) is 2. The standard InChI is InChI=1S/C12H23NO/c1-9(13)12(8-10-2-3-10)6-4-11(14)5-7-12/h9-11,14H,2-8,13H2,1H3. The molecule has 82 valence electrons. The fraction of sp³-hybridized carbons (Fsp3) is 1.00. The number of aliphatic hydroxyl groups excluding tert-OH is 1. The summed E-state index contributed by atoms with van der Waals surface area (Å²) in [6, 6.07) is 0.301. The molecule has 0 saturated heterocycles. The Kier molecular flexibility index (Phi) is 2.85. The number of rotatable bonds is 3. The van der Waals surface area contributed by atoms with E-state index in [-0.39, 0.29) is 6.10 Å². The number of aliphatic hydroxyl groups is 1. The van der Waals surface area contributed by atoms with Gasteiger partial charge in [-0.15, -0.1) is 0 Å². The highest BCUT2D eigenvalue weighted by Gasteiger charge is 2.41. The SMILES string of the molecule is CC(N)C1(CC2CC2)CCC(O)CC1. The van der Waals surface area contributed by atoms with Crippen molar-refractivity contribution in [3.63, 3.8) is 0 Å². The van der Waals surface area contributed by atoms with Gasteiger partial charge in [-0.2, -0.15) is 0 Å². The summed E-state index contributed by atoms with van der Waals surface area (Å²) < 4.78 is 0. The van der Waals surface area contributed by atoms with E-state index in [9.17, 15) is 5.11 Å². The molecule has 0 amide bonds. The second-order valence-corrected chi connectivity index (χ2v) is 5.53. The topological polar surface area (TPSA) is 46.2 Å². The Morgan fingerprint density at radius 3 is 2.29 bits per heavy atom. The van der Waals surface area contributed by atoms with Crippen LogP contribution in [0.2, 0.25) is 0 Å². The van der Waals surface area contributed by atoms with E-state index in [2.05, 4.69) is 6.92 Å². The maximum absolute atomic E-state index is 9.53. The van der Waals surface area contributed by atoms with Gasteiger partial charge in [0.15, 0.2) is 0 Å². The zero-order valence-corrected chi connectivity index (χ0v) is 9.21. The molecule has 2 aliphatic carbocycles. The molecule has 3 N–H and O–H groups in total. The largest absolute Gasteiger partial charge is 0.393 e. The molecule has 2 rings (SSSR count). The van der Waals surface area contributed by atoms with Gasteiger partial charge in [-0.25, -0.2) is 0 Å². The first-order chi connectivity index (χ1) is 6.62. The van der Waals surface area contributed by atoms with Crippen LogP contribution in [0.5, 0.6) is 0 Å². The zero-order chi connectivity index (χ0) is 10.2. The average Bonchev–Trinajstić information content (AvgIpc) is 2.93. The van der Waals surface area contributed by atoms with E-state index < -0.39 is 0 Å². The molecule has 0 bridgehead atoms. The van der Waals surface area contributed by atoms with Crippen molar-refractivity contribution in [1.29, 1.82) is 0 Å². The van der Waals surface area contributed by atoms with Crippen molar-refractivity contribution in [1.82, 2.24) is 0 Å². The summed E-state index contributed by atoms with van der Waals surface area (Å²) in [7, 11) is 0. The van der Waals surface area contributed by atoms with Crippen molar-refractivity contribution in [2.45, 2.75) is 64.0 Å². The maximum Gasteiger partial charge on any atom is 0.0540 e. The molecule has 2 nitrogen and oxygen atoms in total. The van der Waals surface area contributed by atoms with E-state index in [1.807, 2.05) is 0 Å². The van der Waals surface area contributed by atoms with Crippen molar-refractivity contribution >= 4 is 0 Å². The van der Waals surface area contributed by atoms with Gasteiger partial charge in [-0.1, -0.05) is 12.8 Å². The molecule has 1 unspecified atom stereocenters. The third-order valence-corrected chi connectivity index (χ3v) is 4.31. The second kappa shape index (κ2) is 3.82. The Labute approximate surface area is 86.9 Å². The van der Waals surface area contributed by atoms with E-state index in [0.717, 1.165) is 31.6 Å². The summed E-state index contributed by atoms with van der Waals surface area (Å²) in [5, 5.41) is 9.53. The lowest BCUT2D eigenvalue weighted by Gasteiger charge is -2.42. The molecule has 14 heavy (non-hydrogen) atoms. The highest BCUT2D eigenvalue weighted by molar-refractivity contribution is 4.95. The second-order valence-electron chi connectivity index (χ2n) is 5.53. The minimum Gasteiger partial charge on any atom is -0.393 e. The number of hydrogen-bond donors (Lipinski definition) is 2. The Balaban J connectivity index is 1.98.